The molecule has 1 atom stereocenters. The molecule has 0 heterocycles. The van der Waals surface area contributed by atoms with E-state index in [1.54, 1.807) is 7.11 Å². The third-order valence-electron chi connectivity index (χ3n) is 3.08. The average Bonchev–Trinajstić information content (AvgIpc) is 2.28. The van der Waals surface area contributed by atoms with Crippen molar-refractivity contribution in [2.75, 3.05) is 7.11 Å². The number of ether oxygens (including phenoxy) is 1. The Morgan fingerprint density at radius 2 is 2.33 bits per heavy atom. The van der Waals surface area contributed by atoms with Crippen LogP contribution in [0.25, 0.3) is 0 Å². The molecule has 1 aliphatic carbocycles. The van der Waals surface area contributed by atoms with Crippen molar-refractivity contribution in [3.8, 4) is 0 Å². The van der Waals surface area contributed by atoms with Gasteiger partial charge in [0.15, 0.2) is 6.29 Å². The van der Waals surface area contributed by atoms with Crippen molar-refractivity contribution >= 4 is 22.2 Å². The summed E-state index contributed by atoms with van der Waals surface area (Å²) in [6, 6.07) is 6.07. The molecule has 0 bridgehead atoms. The second-order valence-corrected chi connectivity index (χ2v) is 4.78. The Morgan fingerprint density at radius 1 is 1.53 bits per heavy atom. The van der Waals surface area contributed by atoms with Crippen molar-refractivity contribution in [3.63, 3.8) is 0 Å². The van der Waals surface area contributed by atoms with Crippen molar-refractivity contribution in [3.05, 3.63) is 33.8 Å². The maximum Gasteiger partial charge on any atom is 0.156 e. The zero-order valence-corrected chi connectivity index (χ0v) is 10.2. The molecule has 2 nitrogen and oxygen atoms in total. The number of halogens is 1. The predicted molar refractivity (Wildman–Crippen MR) is 61.8 cm³/mol. The van der Waals surface area contributed by atoms with E-state index in [0.29, 0.717) is 0 Å². The molecular formula is C12H13BrO2. The minimum Gasteiger partial charge on any atom is -0.366 e. The summed E-state index contributed by atoms with van der Waals surface area (Å²) in [5, 5.41) is 0. The van der Waals surface area contributed by atoms with Gasteiger partial charge in [0, 0.05) is 11.6 Å². The van der Waals surface area contributed by atoms with Gasteiger partial charge in [-0.05, 0) is 42.5 Å². The van der Waals surface area contributed by atoms with E-state index in [0.717, 1.165) is 35.6 Å². The van der Waals surface area contributed by atoms with Crippen LogP contribution in [0.2, 0.25) is 0 Å². The van der Waals surface area contributed by atoms with Crippen LogP contribution < -0.4 is 0 Å². The lowest BCUT2D eigenvalue weighted by molar-refractivity contribution is -0.130. The standard InChI is InChI=1S/C12H13BrO2/c1-15-12(8-14)6-2-3-9-4-5-10(13)7-11(9)12/h4-5,7-8H,2-3,6H2,1H3. The molecule has 0 fully saturated rings. The van der Waals surface area contributed by atoms with Crippen molar-refractivity contribution in [2.24, 2.45) is 0 Å². The summed E-state index contributed by atoms with van der Waals surface area (Å²) in [5.74, 6) is 0. The van der Waals surface area contributed by atoms with E-state index >= 15 is 0 Å². The van der Waals surface area contributed by atoms with Gasteiger partial charge < -0.3 is 4.74 Å². The lowest BCUT2D eigenvalue weighted by Gasteiger charge is -2.33. The van der Waals surface area contributed by atoms with Crippen LogP contribution in [0, 0.1) is 0 Å². The van der Waals surface area contributed by atoms with E-state index < -0.39 is 5.60 Å². The first-order valence-corrected chi connectivity index (χ1v) is 5.81. The largest absolute Gasteiger partial charge is 0.366 e. The Morgan fingerprint density at radius 3 is 3.00 bits per heavy atom. The molecule has 0 saturated heterocycles. The zero-order valence-electron chi connectivity index (χ0n) is 8.63. The van der Waals surface area contributed by atoms with E-state index in [-0.39, 0.29) is 0 Å². The highest BCUT2D eigenvalue weighted by Crippen LogP contribution is 2.37. The molecule has 2 rings (SSSR count). The SMILES string of the molecule is COC1(C=O)CCCc2ccc(Br)cc21. The Bertz CT molecular complexity index is 389. The Balaban J connectivity index is 2.57. The number of benzene rings is 1. The van der Waals surface area contributed by atoms with Crippen molar-refractivity contribution in [2.45, 2.75) is 24.9 Å². The van der Waals surface area contributed by atoms with Crippen LogP contribution in [0.5, 0.6) is 0 Å². The summed E-state index contributed by atoms with van der Waals surface area (Å²) in [6.07, 6.45) is 3.73. The summed E-state index contributed by atoms with van der Waals surface area (Å²) >= 11 is 3.43. The topological polar surface area (TPSA) is 26.3 Å². The number of methoxy groups -OCH3 is 1. The molecular weight excluding hydrogens is 256 g/mol. The first-order valence-electron chi connectivity index (χ1n) is 5.02. The average molecular weight is 269 g/mol. The fourth-order valence-corrected chi connectivity index (χ4v) is 2.58. The van der Waals surface area contributed by atoms with Gasteiger partial charge in [0.05, 0.1) is 0 Å². The maximum absolute atomic E-state index is 11.2. The molecule has 0 radical (unpaired) electrons. The summed E-state index contributed by atoms with van der Waals surface area (Å²) in [5.41, 5.74) is 1.51. The van der Waals surface area contributed by atoms with Gasteiger partial charge in [0.2, 0.25) is 0 Å². The van der Waals surface area contributed by atoms with Crippen LogP contribution in [0.1, 0.15) is 24.0 Å². The van der Waals surface area contributed by atoms with Crippen LogP contribution in [-0.4, -0.2) is 13.4 Å². The molecule has 15 heavy (non-hydrogen) atoms. The molecule has 0 N–H and O–H groups in total. The predicted octanol–water partition coefficient (Wildman–Crippen LogP) is 2.83. The maximum atomic E-state index is 11.2. The third kappa shape index (κ3) is 1.74. The van der Waals surface area contributed by atoms with Gasteiger partial charge in [0.25, 0.3) is 0 Å². The highest BCUT2D eigenvalue weighted by molar-refractivity contribution is 9.10. The molecule has 80 valence electrons. The molecule has 3 heteroatoms. The number of hydrogen-bond acceptors (Lipinski definition) is 2. The van der Waals surface area contributed by atoms with Gasteiger partial charge in [-0.15, -0.1) is 0 Å². The van der Waals surface area contributed by atoms with Crippen LogP contribution in [0.3, 0.4) is 0 Å². The van der Waals surface area contributed by atoms with Crippen LogP contribution >= 0.6 is 15.9 Å². The second-order valence-electron chi connectivity index (χ2n) is 3.87. The number of hydrogen-bond donors (Lipinski definition) is 0. The molecule has 1 aliphatic rings. The monoisotopic (exact) mass is 268 g/mol. The van der Waals surface area contributed by atoms with Crippen molar-refractivity contribution in [1.82, 2.24) is 0 Å². The summed E-state index contributed by atoms with van der Waals surface area (Å²) in [6.45, 7) is 0. The highest BCUT2D eigenvalue weighted by Gasteiger charge is 2.36. The smallest absolute Gasteiger partial charge is 0.156 e. The lowest BCUT2D eigenvalue weighted by atomic mass is 9.80. The van der Waals surface area contributed by atoms with E-state index in [1.807, 2.05) is 12.1 Å². The van der Waals surface area contributed by atoms with Gasteiger partial charge in [-0.3, -0.25) is 4.79 Å². The third-order valence-corrected chi connectivity index (χ3v) is 3.57. The molecule has 0 aliphatic heterocycles. The molecule has 1 unspecified atom stereocenters. The summed E-state index contributed by atoms with van der Waals surface area (Å²) in [7, 11) is 1.60. The van der Waals surface area contributed by atoms with E-state index in [1.165, 1.54) is 5.56 Å². The highest BCUT2D eigenvalue weighted by atomic mass is 79.9. The molecule has 0 saturated carbocycles. The van der Waals surface area contributed by atoms with E-state index in [9.17, 15) is 4.79 Å². The number of aldehydes is 1. The van der Waals surface area contributed by atoms with Crippen LogP contribution in [0.15, 0.2) is 22.7 Å². The van der Waals surface area contributed by atoms with Crippen LogP contribution in [0.4, 0.5) is 0 Å². The first-order chi connectivity index (χ1) is 7.22. The summed E-state index contributed by atoms with van der Waals surface area (Å²) < 4.78 is 6.41. The zero-order chi connectivity index (χ0) is 10.9. The van der Waals surface area contributed by atoms with Gasteiger partial charge >= 0.3 is 0 Å². The van der Waals surface area contributed by atoms with Crippen molar-refractivity contribution < 1.29 is 9.53 Å². The van der Waals surface area contributed by atoms with E-state index in [2.05, 4.69) is 22.0 Å². The molecule has 0 amide bonds. The van der Waals surface area contributed by atoms with Crippen LogP contribution in [-0.2, 0) is 21.6 Å². The minimum absolute atomic E-state index is 0.725. The normalized spacial score (nSPS) is 24.7. The number of carbonyl (C=O) groups excluding carboxylic acids is 1. The van der Waals surface area contributed by atoms with Gasteiger partial charge in [0.1, 0.15) is 5.60 Å². The fraction of sp³-hybridized carbons (Fsp3) is 0.417. The Hall–Kier alpha value is -0.670. The number of carbonyl (C=O) groups is 1. The Labute approximate surface area is 97.8 Å². The molecule has 1 aromatic rings. The number of aryl methyl sites for hydroxylation is 1. The molecule has 1 aromatic carbocycles. The van der Waals surface area contributed by atoms with Crippen molar-refractivity contribution in [1.29, 1.82) is 0 Å². The Kier molecular flexibility index (Phi) is 2.94. The minimum atomic E-state index is -0.725. The van der Waals surface area contributed by atoms with Gasteiger partial charge in [-0.2, -0.15) is 0 Å². The van der Waals surface area contributed by atoms with Gasteiger partial charge in [-0.25, -0.2) is 0 Å². The number of rotatable bonds is 2. The first kappa shape index (κ1) is 10.8. The quantitative estimate of drug-likeness (QED) is 0.772. The summed E-state index contributed by atoms with van der Waals surface area (Å²) in [4.78, 5) is 11.2. The molecule has 0 aromatic heterocycles. The van der Waals surface area contributed by atoms with Gasteiger partial charge in [-0.1, -0.05) is 22.0 Å². The molecule has 0 spiro atoms. The van der Waals surface area contributed by atoms with E-state index in [4.69, 9.17) is 4.74 Å². The second kappa shape index (κ2) is 4.06. The number of fused-ring (bicyclic) bond motifs is 1. The fourth-order valence-electron chi connectivity index (χ4n) is 2.22. The lowest BCUT2D eigenvalue weighted by Crippen LogP contribution is -2.34.